The lowest BCUT2D eigenvalue weighted by Crippen LogP contribution is -2.45. The van der Waals surface area contributed by atoms with Gasteiger partial charge in [0.1, 0.15) is 12.6 Å². The lowest BCUT2D eigenvalue weighted by atomic mass is 10.1. The first kappa shape index (κ1) is 33.3. The highest BCUT2D eigenvalue weighted by molar-refractivity contribution is 7.47. The highest BCUT2D eigenvalue weighted by Crippen LogP contribution is 2.56. The van der Waals surface area contributed by atoms with Crippen LogP contribution in [0.15, 0.2) is 24.3 Å². The molecule has 2 heterocycles. The third-order valence-electron chi connectivity index (χ3n) is 6.79. The summed E-state index contributed by atoms with van der Waals surface area (Å²) in [6.45, 7) is 5.25. The van der Waals surface area contributed by atoms with E-state index < -0.39 is 26.0 Å². The number of aliphatic hydroxyl groups excluding tert-OH is 1. The number of carbonyl (C=O) groups is 3. The summed E-state index contributed by atoms with van der Waals surface area (Å²) in [5.74, 6) is -0.453. The van der Waals surface area contributed by atoms with Gasteiger partial charge in [-0.15, -0.1) is 11.3 Å². The zero-order valence-electron chi connectivity index (χ0n) is 22.7. The quantitative estimate of drug-likeness (QED) is 0.226. The summed E-state index contributed by atoms with van der Waals surface area (Å²) < 4.78 is 34.4. The fraction of sp³-hybridized carbons (Fsp3) is 0.577. The molecular weight excluding hydrogens is 551 g/mol. The van der Waals surface area contributed by atoms with Gasteiger partial charge in [-0.2, -0.15) is 8.78 Å². The molecule has 1 saturated heterocycles. The second-order valence-corrected chi connectivity index (χ2v) is 11.5. The van der Waals surface area contributed by atoms with Crippen LogP contribution in [0.3, 0.4) is 0 Å². The van der Waals surface area contributed by atoms with Crippen molar-refractivity contribution in [2.45, 2.75) is 56.9 Å². The average molecular weight is 590 g/mol. The molecule has 3 rings (SSSR count). The van der Waals surface area contributed by atoms with E-state index in [9.17, 15) is 28.1 Å². The molecule has 1 unspecified atom stereocenters. The Hall–Kier alpha value is -1.92. The van der Waals surface area contributed by atoms with Gasteiger partial charge >= 0.3 is 5.66 Å². The van der Waals surface area contributed by atoms with Crippen LogP contribution in [0.25, 0.3) is 10.1 Å². The number of aldehydes is 2. The van der Waals surface area contributed by atoms with Crippen molar-refractivity contribution in [1.82, 2.24) is 15.1 Å². The Morgan fingerprint density at radius 3 is 2.62 bits per heavy atom. The summed E-state index contributed by atoms with van der Waals surface area (Å²) in [6.07, 6.45) is 4.36. The predicted octanol–water partition coefficient (Wildman–Crippen LogP) is 3.57. The number of hydrogen-bond donors (Lipinski definition) is 3. The van der Waals surface area contributed by atoms with Crippen LogP contribution in [0.4, 0.5) is 8.78 Å². The Morgan fingerprint density at radius 2 is 2.03 bits per heavy atom. The Kier molecular flexibility index (Phi) is 13.5. The van der Waals surface area contributed by atoms with Gasteiger partial charge in [-0.1, -0.05) is 13.0 Å². The molecule has 3 N–H and O–H groups in total. The van der Waals surface area contributed by atoms with E-state index in [-0.39, 0.29) is 18.2 Å². The van der Waals surface area contributed by atoms with E-state index in [1.165, 1.54) is 31.2 Å². The molecule has 1 aromatic heterocycles. The normalized spacial score (nSPS) is 19.4. The maximum atomic E-state index is 14.5. The van der Waals surface area contributed by atoms with E-state index in [1.54, 1.807) is 0 Å². The molecule has 0 radical (unpaired) electrons. The Balaban J connectivity index is 0.00000260. The van der Waals surface area contributed by atoms with Crippen molar-refractivity contribution in [3.05, 3.63) is 34.7 Å². The Bertz CT molecular complexity index is 1090. The molecule has 0 saturated carbocycles. The number of rotatable bonds is 14. The van der Waals surface area contributed by atoms with Crippen LogP contribution in [0.1, 0.15) is 48.3 Å². The number of nitrogens with zero attached hydrogens (tertiary/aromatic N) is 2. The monoisotopic (exact) mass is 589 g/mol. The molecule has 0 spiro atoms. The summed E-state index contributed by atoms with van der Waals surface area (Å²) in [6, 6.07) is 5.00. The number of likely N-dealkylation sites (tertiary alicyclic amines) is 1. The second-order valence-electron chi connectivity index (χ2n) is 9.09. The third kappa shape index (κ3) is 8.53. The third-order valence-corrected chi connectivity index (χ3v) is 9.15. The molecule has 218 valence electrons. The Labute approximate surface area is 233 Å². The first-order valence-electron chi connectivity index (χ1n) is 12.8. The number of alkyl halides is 2. The first-order valence-corrected chi connectivity index (χ1v) is 14.8. The molecule has 9 nitrogen and oxygen atoms in total. The van der Waals surface area contributed by atoms with Gasteiger partial charge in [0, 0.05) is 30.0 Å². The van der Waals surface area contributed by atoms with Crippen LogP contribution in [0, 0.1) is 0 Å². The van der Waals surface area contributed by atoms with E-state index in [1.807, 2.05) is 14.0 Å². The van der Waals surface area contributed by atoms with Crippen LogP contribution >= 0.6 is 19.7 Å². The summed E-state index contributed by atoms with van der Waals surface area (Å²) in [7, 11) is -0.0119. The maximum absolute atomic E-state index is 14.5. The number of halogens is 2. The topological polar surface area (TPSA) is 119 Å². The molecule has 13 heteroatoms. The molecule has 1 amide bonds. The minimum absolute atomic E-state index is 0.0333. The van der Waals surface area contributed by atoms with Gasteiger partial charge in [-0.05, 0) is 69.9 Å². The van der Waals surface area contributed by atoms with Gasteiger partial charge < -0.3 is 34.3 Å². The number of carbonyl (C=O) groups excluding carboxylic acids is 3. The number of nitrogens with one attached hydrogen (secondary N) is 1. The van der Waals surface area contributed by atoms with Gasteiger partial charge in [-0.3, -0.25) is 9.69 Å². The zero-order chi connectivity index (χ0) is 29.2. The SMILES string of the molecule is CCOP(O)C(F)(F)c1ccc2sc(C(=O)N[C@H](C=O)CN(CC)CC[C@H]3CC[C@@H](C=O)N3C)cc2c1.CO. The minimum Gasteiger partial charge on any atom is -0.400 e. The molecule has 1 fully saturated rings. The van der Waals surface area contributed by atoms with Gasteiger partial charge in [0.15, 0.2) is 0 Å². The summed E-state index contributed by atoms with van der Waals surface area (Å²) >= 11 is 1.14. The van der Waals surface area contributed by atoms with Crippen molar-refractivity contribution in [2.75, 3.05) is 40.4 Å². The highest BCUT2D eigenvalue weighted by Gasteiger charge is 2.43. The van der Waals surface area contributed by atoms with Crippen molar-refractivity contribution in [3.8, 4) is 0 Å². The number of fused-ring (bicyclic) bond motifs is 1. The molecule has 1 aromatic carbocycles. The minimum atomic E-state index is -3.54. The van der Waals surface area contributed by atoms with Crippen LogP contribution < -0.4 is 5.32 Å². The Morgan fingerprint density at radius 1 is 1.31 bits per heavy atom. The van der Waals surface area contributed by atoms with Crippen LogP contribution in [-0.4, -0.2) is 96.8 Å². The second kappa shape index (κ2) is 15.8. The van der Waals surface area contributed by atoms with E-state index in [0.717, 1.165) is 50.5 Å². The van der Waals surface area contributed by atoms with Gasteiger partial charge in [0.2, 0.25) is 8.38 Å². The van der Waals surface area contributed by atoms with E-state index >= 15 is 0 Å². The fourth-order valence-corrected chi connectivity index (χ4v) is 6.27. The van der Waals surface area contributed by atoms with Crippen molar-refractivity contribution in [3.63, 3.8) is 0 Å². The number of benzene rings is 1. The lowest BCUT2D eigenvalue weighted by molar-refractivity contribution is -0.111. The standard InChI is InChI=1S/C25H34F2N3O5PS.CH4O/c1-4-30(11-10-20-7-8-21(16-32)29(20)3)14-19(15-31)28-24(33)23-13-17-12-18(6-9-22(17)37-23)25(26,27)36(34)35-5-2;1-2/h6,9,12-13,15-16,19-21,34H,4-5,7-8,10-11,14H2,1-3H3,(H,28,33);2H,1H3/t19-,20+,21-,36?;/m0./s1. The van der Waals surface area contributed by atoms with Gasteiger partial charge in [-0.25, -0.2) is 0 Å². The number of thiophene rings is 1. The maximum Gasteiger partial charge on any atom is 0.339 e. The smallest absolute Gasteiger partial charge is 0.339 e. The summed E-state index contributed by atoms with van der Waals surface area (Å²) in [4.78, 5) is 50.0. The molecule has 2 aromatic rings. The number of aliphatic hydroxyl groups is 1. The zero-order valence-corrected chi connectivity index (χ0v) is 24.4. The fourth-order valence-electron chi connectivity index (χ4n) is 4.56. The molecule has 1 aliphatic heterocycles. The van der Waals surface area contributed by atoms with Crippen molar-refractivity contribution >= 4 is 48.3 Å². The van der Waals surface area contributed by atoms with Crippen molar-refractivity contribution in [2.24, 2.45) is 0 Å². The van der Waals surface area contributed by atoms with E-state index in [4.69, 9.17) is 9.63 Å². The van der Waals surface area contributed by atoms with Gasteiger partial charge in [0.25, 0.3) is 5.91 Å². The molecule has 39 heavy (non-hydrogen) atoms. The van der Waals surface area contributed by atoms with E-state index in [2.05, 4.69) is 15.1 Å². The van der Waals surface area contributed by atoms with Gasteiger partial charge in [0.05, 0.1) is 23.6 Å². The van der Waals surface area contributed by atoms with Crippen LogP contribution in [0.2, 0.25) is 0 Å². The molecule has 0 bridgehead atoms. The number of amides is 1. The molecule has 1 aliphatic rings. The van der Waals surface area contributed by atoms with Crippen LogP contribution in [0.5, 0.6) is 0 Å². The summed E-state index contributed by atoms with van der Waals surface area (Å²) in [5, 5.41) is 10.2. The van der Waals surface area contributed by atoms with Crippen molar-refractivity contribution in [1.29, 1.82) is 0 Å². The lowest BCUT2D eigenvalue weighted by Gasteiger charge is -2.28. The number of hydrogen-bond acceptors (Lipinski definition) is 9. The average Bonchev–Trinajstić information content (AvgIpc) is 3.54. The van der Waals surface area contributed by atoms with E-state index in [0.29, 0.717) is 40.4 Å². The molecule has 4 atom stereocenters. The predicted molar refractivity (Wildman–Crippen MR) is 149 cm³/mol. The molecule has 0 aliphatic carbocycles. The first-order chi connectivity index (χ1) is 18.6. The highest BCUT2D eigenvalue weighted by atomic mass is 32.1. The largest absolute Gasteiger partial charge is 0.400 e. The van der Waals surface area contributed by atoms with Crippen molar-refractivity contribution < 1.29 is 37.7 Å². The summed E-state index contributed by atoms with van der Waals surface area (Å²) in [5.41, 5.74) is -3.93. The number of likely N-dealkylation sites (N-methyl/N-ethyl adjacent to an activating group) is 2. The molecular formula is C26H38F2N3O6PS. The van der Waals surface area contributed by atoms with Crippen LogP contribution in [-0.2, 0) is 19.8 Å².